The molecule has 2 aromatic carbocycles. The molecule has 0 spiro atoms. The van der Waals surface area contributed by atoms with Crippen LogP contribution in [0.2, 0.25) is 5.02 Å². The van der Waals surface area contributed by atoms with Crippen molar-refractivity contribution in [3.63, 3.8) is 0 Å². The van der Waals surface area contributed by atoms with Crippen LogP contribution in [-0.4, -0.2) is 42.2 Å². The molecule has 1 aliphatic heterocycles. The van der Waals surface area contributed by atoms with Crippen molar-refractivity contribution in [2.45, 2.75) is 13.8 Å². The number of nitrogens with zero attached hydrogens (tertiary/aromatic N) is 1. The second-order valence-corrected chi connectivity index (χ2v) is 9.02. The molecule has 10 heteroatoms. The van der Waals surface area contributed by atoms with Gasteiger partial charge in [-0.15, -0.1) is 0 Å². The van der Waals surface area contributed by atoms with Crippen LogP contribution in [0.4, 0.5) is 10.5 Å². The molecule has 2 aromatic rings. The number of carbonyl (C=O) groups is 3. The summed E-state index contributed by atoms with van der Waals surface area (Å²) in [5, 5.41) is 2.64. The van der Waals surface area contributed by atoms with Gasteiger partial charge in [0.15, 0.2) is 11.5 Å². The van der Waals surface area contributed by atoms with Gasteiger partial charge in [0, 0.05) is 15.2 Å². The Hall–Kier alpha value is -2.49. The van der Waals surface area contributed by atoms with E-state index in [0.29, 0.717) is 38.9 Å². The van der Waals surface area contributed by atoms with E-state index in [-0.39, 0.29) is 4.91 Å². The number of rotatable bonds is 7. The number of nitrogens with one attached hydrogen (secondary N) is 1. The largest absolute Gasteiger partial charge is 0.493 e. The molecule has 1 saturated heterocycles. The first-order valence-electron chi connectivity index (χ1n) is 9.55. The molecule has 0 aromatic heterocycles. The predicted octanol–water partition coefficient (Wildman–Crippen LogP) is 5.49. The molecule has 1 aliphatic rings. The van der Waals surface area contributed by atoms with E-state index in [2.05, 4.69) is 21.2 Å². The number of benzene rings is 2. The molecular formula is C22H20BrClN2O5S. The Balaban J connectivity index is 1.78. The first-order chi connectivity index (χ1) is 15.2. The van der Waals surface area contributed by atoms with Crippen LogP contribution in [0, 0.1) is 6.92 Å². The fourth-order valence-electron chi connectivity index (χ4n) is 2.93. The van der Waals surface area contributed by atoms with Crippen LogP contribution in [0.1, 0.15) is 18.1 Å². The summed E-state index contributed by atoms with van der Waals surface area (Å²) in [6.07, 6.45) is 1.58. The summed E-state index contributed by atoms with van der Waals surface area (Å²) < 4.78 is 11.6. The molecule has 0 atom stereocenters. The number of halogens is 2. The highest BCUT2D eigenvalue weighted by molar-refractivity contribution is 9.10. The Morgan fingerprint density at radius 2 is 2.00 bits per heavy atom. The smallest absolute Gasteiger partial charge is 0.294 e. The minimum atomic E-state index is -0.544. The van der Waals surface area contributed by atoms with E-state index < -0.39 is 23.6 Å². The minimum absolute atomic E-state index is 0.202. The Morgan fingerprint density at radius 1 is 1.25 bits per heavy atom. The number of anilines is 1. The van der Waals surface area contributed by atoms with E-state index in [1.165, 1.54) is 7.11 Å². The lowest BCUT2D eigenvalue weighted by molar-refractivity contribution is -0.127. The maximum Gasteiger partial charge on any atom is 0.294 e. The van der Waals surface area contributed by atoms with Gasteiger partial charge in [0.1, 0.15) is 6.54 Å². The fourth-order valence-corrected chi connectivity index (χ4v) is 4.37. The third-order valence-electron chi connectivity index (χ3n) is 4.52. The molecule has 3 amide bonds. The monoisotopic (exact) mass is 538 g/mol. The quantitative estimate of drug-likeness (QED) is 0.468. The molecule has 0 bridgehead atoms. The lowest BCUT2D eigenvalue weighted by Crippen LogP contribution is -2.36. The molecule has 168 valence electrons. The summed E-state index contributed by atoms with van der Waals surface area (Å²) in [7, 11) is 1.52. The van der Waals surface area contributed by atoms with Gasteiger partial charge < -0.3 is 14.8 Å². The van der Waals surface area contributed by atoms with Crippen molar-refractivity contribution in [3.8, 4) is 11.5 Å². The van der Waals surface area contributed by atoms with E-state index in [4.69, 9.17) is 21.1 Å². The zero-order valence-electron chi connectivity index (χ0n) is 17.5. The number of hydrogen-bond acceptors (Lipinski definition) is 6. The molecule has 0 saturated carbocycles. The van der Waals surface area contributed by atoms with Gasteiger partial charge in [0.05, 0.1) is 18.6 Å². The number of aryl methyl sites for hydroxylation is 1. The Labute approximate surface area is 203 Å². The van der Waals surface area contributed by atoms with Crippen LogP contribution < -0.4 is 14.8 Å². The summed E-state index contributed by atoms with van der Waals surface area (Å²) >= 11 is 10.2. The molecule has 0 unspecified atom stereocenters. The lowest BCUT2D eigenvalue weighted by Gasteiger charge is -2.14. The second kappa shape index (κ2) is 10.4. The number of methoxy groups -OCH3 is 1. The van der Waals surface area contributed by atoms with Crippen LogP contribution in [0.5, 0.6) is 11.5 Å². The molecule has 32 heavy (non-hydrogen) atoms. The van der Waals surface area contributed by atoms with E-state index in [9.17, 15) is 14.4 Å². The summed E-state index contributed by atoms with van der Waals surface area (Å²) in [4.78, 5) is 38.8. The molecular weight excluding hydrogens is 520 g/mol. The van der Waals surface area contributed by atoms with Crippen LogP contribution in [0.25, 0.3) is 6.08 Å². The van der Waals surface area contributed by atoms with Gasteiger partial charge in [0.2, 0.25) is 5.91 Å². The molecule has 0 radical (unpaired) electrons. The number of hydrogen-bond donors (Lipinski definition) is 1. The standard InChI is InChI=1S/C22H20BrClN2O5S/c1-4-31-18-10-15(23)13(7-17(18)30-3)8-19-21(28)26(22(29)32-19)11-20(27)25-16-9-14(24)6-5-12(16)2/h5-10H,4,11H2,1-3H3,(H,25,27)/b19-8-. The Morgan fingerprint density at radius 3 is 2.69 bits per heavy atom. The number of ether oxygens (including phenoxy) is 2. The van der Waals surface area contributed by atoms with Crippen LogP contribution in [0.3, 0.4) is 0 Å². The highest BCUT2D eigenvalue weighted by Crippen LogP contribution is 2.38. The van der Waals surface area contributed by atoms with Crippen molar-refractivity contribution in [2.75, 3.05) is 25.6 Å². The van der Waals surface area contributed by atoms with Crippen molar-refractivity contribution in [2.24, 2.45) is 0 Å². The van der Waals surface area contributed by atoms with E-state index in [1.807, 2.05) is 13.8 Å². The number of carbonyl (C=O) groups excluding carboxylic acids is 3. The van der Waals surface area contributed by atoms with Gasteiger partial charge in [0.25, 0.3) is 11.1 Å². The highest BCUT2D eigenvalue weighted by Gasteiger charge is 2.36. The minimum Gasteiger partial charge on any atom is -0.493 e. The first kappa shape index (κ1) is 24.2. The lowest BCUT2D eigenvalue weighted by atomic mass is 10.2. The van der Waals surface area contributed by atoms with Gasteiger partial charge in [-0.25, -0.2) is 0 Å². The molecule has 1 heterocycles. The van der Waals surface area contributed by atoms with Crippen molar-refractivity contribution >= 4 is 68.1 Å². The molecule has 1 fully saturated rings. The normalized spacial score (nSPS) is 14.8. The van der Waals surface area contributed by atoms with Crippen LogP contribution in [-0.2, 0) is 9.59 Å². The topological polar surface area (TPSA) is 84.9 Å². The van der Waals surface area contributed by atoms with Gasteiger partial charge in [-0.1, -0.05) is 33.6 Å². The fraction of sp³-hybridized carbons (Fsp3) is 0.227. The van der Waals surface area contributed by atoms with E-state index in [0.717, 1.165) is 22.2 Å². The molecule has 3 rings (SSSR count). The summed E-state index contributed by atoms with van der Waals surface area (Å²) in [6.45, 7) is 3.75. The molecule has 0 aliphatic carbocycles. The number of amides is 3. The SMILES string of the molecule is CCOc1cc(Br)c(/C=C2\SC(=O)N(CC(=O)Nc3cc(Cl)ccc3C)C2=O)cc1OC. The zero-order chi connectivity index (χ0) is 23.4. The second-order valence-electron chi connectivity index (χ2n) is 6.73. The third kappa shape index (κ3) is 5.46. The number of thioether (sulfide) groups is 1. The first-order valence-corrected chi connectivity index (χ1v) is 11.5. The summed E-state index contributed by atoms with van der Waals surface area (Å²) in [6, 6.07) is 8.53. The average molecular weight is 540 g/mol. The predicted molar refractivity (Wildman–Crippen MR) is 129 cm³/mol. The summed E-state index contributed by atoms with van der Waals surface area (Å²) in [5.74, 6) is 0.0115. The number of imide groups is 1. The zero-order valence-corrected chi connectivity index (χ0v) is 20.7. The summed E-state index contributed by atoms with van der Waals surface area (Å²) in [5.41, 5.74) is 1.97. The van der Waals surface area contributed by atoms with Crippen molar-refractivity contribution < 1.29 is 23.9 Å². The van der Waals surface area contributed by atoms with Crippen molar-refractivity contribution in [3.05, 3.63) is 55.9 Å². The van der Waals surface area contributed by atoms with E-state index >= 15 is 0 Å². The Bertz CT molecular complexity index is 1120. The van der Waals surface area contributed by atoms with Gasteiger partial charge >= 0.3 is 0 Å². The molecule has 7 nitrogen and oxygen atoms in total. The van der Waals surface area contributed by atoms with Gasteiger partial charge in [-0.05, 0) is 67.1 Å². The van der Waals surface area contributed by atoms with Crippen LogP contribution >= 0.6 is 39.3 Å². The maximum absolute atomic E-state index is 12.8. The van der Waals surface area contributed by atoms with Crippen molar-refractivity contribution in [1.29, 1.82) is 0 Å². The van der Waals surface area contributed by atoms with Crippen LogP contribution in [0.15, 0.2) is 39.7 Å². The Kier molecular flexibility index (Phi) is 7.86. The van der Waals surface area contributed by atoms with Gasteiger partial charge in [-0.2, -0.15) is 0 Å². The highest BCUT2D eigenvalue weighted by atomic mass is 79.9. The molecule has 1 N–H and O–H groups in total. The maximum atomic E-state index is 12.8. The van der Waals surface area contributed by atoms with Gasteiger partial charge in [-0.3, -0.25) is 19.3 Å². The van der Waals surface area contributed by atoms with Crippen molar-refractivity contribution in [1.82, 2.24) is 4.90 Å². The third-order valence-corrected chi connectivity index (χ3v) is 6.35. The average Bonchev–Trinajstić information content (AvgIpc) is 3.00. The van der Waals surface area contributed by atoms with E-state index in [1.54, 1.807) is 36.4 Å².